The second-order valence-corrected chi connectivity index (χ2v) is 4.51. The lowest BCUT2D eigenvalue weighted by atomic mass is 9.96. The molecule has 2 atom stereocenters. The van der Waals surface area contributed by atoms with Crippen molar-refractivity contribution in [3.05, 3.63) is 29.8 Å². The van der Waals surface area contributed by atoms with E-state index in [9.17, 15) is 4.79 Å². The Labute approximate surface area is 102 Å². The highest BCUT2D eigenvalue weighted by molar-refractivity contribution is 5.86. The lowest BCUT2D eigenvalue weighted by Gasteiger charge is -2.14. The summed E-state index contributed by atoms with van der Waals surface area (Å²) in [6, 6.07) is 7.63. The summed E-state index contributed by atoms with van der Waals surface area (Å²) in [4.78, 5) is 12.1. The number of para-hydroxylation sites is 1. The molecule has 1 aliphatic rings. The average Bonchev–Trinajstić information content (AvgIpc) is 2.76. The van der Waals surface area contributed by atoms with Gasteiger partial charge in [-0.3, -0.25) is 4.79 Å². The van der Waals surface area contributed by atoms with E-state index in [0.717, 1.165) is 17.7 Å². The van der Waals surface area contributed by atoms with Gasteiger partial charge in [0.15, 0.2) is 5.78 Å². The van der Waals surface area contributed by atoms with E-state index in [2.05, 4.69) is 6.92 Å². The van der Waals surface area contributed by atoms with Crippen LogP contribution >= 0.6 is 0 Å². The topological polar surface area (TPSA) is 35.5 Å². The summed E-state index contributed by atoms with van der Waals surface area (Å²) in [5.74, 6) is 1.25. The first-order valence-electron chi connectivity index (χ1n) is 5.98. The van der Waals surface area contributed by atoms with Gasteiger partial charge in [-0.1, -0.05) is 25.1 Å². The zero-order chi connectivity index (χ0) is 12.3. The fourth-order valence-corrected chi connectivity index (χ4v) is 2.24. The second kappa shape index (κ2) is 5.32. The molecule has 0 bridgehead atoms. The van der Waals surface area contributed by atoms with E-state index >= 15 is 0 Å². The van der Waals surface area contributed by atoms with Crippen LogP contribution in [0.5, 0.6) is 5.75 Å². The minimum Gasteiger partial charge on any atom is -0.496 e. The number of carbonyl (C=O) groups is 1. The summed E-state index contributed by atoms with van der Waals surface area (Å²) >= 11 is 0. The van der Waals surface area contributed by atoms with Crippen LogP contribution in [0.3, 0.4) is 0 Å². The maximum Gasteiger partial charge on any atom is 0.166 e. The Balaban J connectivity index is 2.07. The highest BCUT2D eigenvalue weighted by Gasteiger charge is 2.30. The van der Waals surface area contributed by atoms with Crippen LogP contribution in [0.4, 0.5) is 0 Å². The molecule has 92 valence electrons. The third kappa shape index (κ3) is 2.67. The largest absolute Gasteiger partial charge is 0.496 e. The van der Waals surface area contributed by atoms with Crippen molar-refractivity contribution in [1.29, 1.82) is 0 Å². The molecule has 2 rings (SSSR count). The van der Waals surface area contributed by atoms with Gasteiger partial charge >= 0.3 is 0 Å². The van der Waals surface area contributed by atoms with Crippen LogP contribution in [-0.2, 0) is 16.0 Å². The molecule has 0 spiro atoms. The van der Waals surface area contributed by atoms with E-state index in [0.29, 0.717) is 18.9 Å². The van der Waals surface area contributed by atoms with Crippen LogP contribution in [0.25, 0.3) is 0 Å². The molecule has 0 aliphatic carbocycles. The third-order valence-electron chi connectivity index (χ3n) is 3.26. The Bertz CT molecular complexity index is 400. The van der Waals surface area contributed by atoms with Gasteiger partial charge < -0.3 is 9.47 Å². The third-order valence-corrected chi connectivity index (χ3v) is 3.26. The molecule has 3 nitrogen and oxygen atoms in total. The van der Waals surface area contributed by atoms with Crippen LogP contribution < -0.4 is 4.74 Å². The van der Waals surface area contributed by atoms with Crippen molar-refractivity contribution in [2.75, 3.05) is 13.7 Å². The number of ketones is 1. The molecule has 0 N–H and O–H groups in total. The first kappa shape index (κ1) is 12.1. The van der Waals surface area contributed by atoms with E-state index in [1.54, 1.807) is 7.11 Å². The average molecular weight is 234 g/mol. The molecule has 1 saturated heterocycles. The Morgan fingerprint density at radius 3 is 2.88 bits per heavy atom. The molecule has 3 heteroatoms. The van der Waals surface area contributed by atoms with Gasteiger partial charge in [0.05, 0.1) is 7.11 Å². The summed E-state index contributed by atoms with van der Waals surface area (Å²) < 4.78 is 10.7. The number of methoxy groups -OCH3 is 1. The van der Waals surface area contributed by atoms with Gasteiger partial charge in [-0.25, -0.2) is 0 Å². The Morgan fingerprint density at radius 1 is 1.47 bits per heavy atom. The number of hydrogen-bond acceptors (Lipinski definition) is 3. The van der Waals surface area contributed by atoms with Crippen molar-refractivity contribution in [3.8, 4) is 5.75 Å². The van der Waals surface area contributed by atoms with Crippen LogP contribution in [0.1, 0.15) is 18.9 Å². The Hall–Kier alpha value is -1.35. The number of hydrogen-bond donors (Lipinski definition) is 0. The Kier molecular flexibility index (Phi) is 3.79. The van der Waals surface area contributed by atoms with E-state index < -0.39 is 0 Å². The lowest BCUT2D eigenvalue weighted by molar-refractivity contribution is -0.128. The summed E-state index contributed by atoms with van der Waals surface area (Å²) in [7, 11) is 1.62. The van der Waals surface area contributed by atoms with Crippen molar-refractivity contribution >= 4 is 5.78 Å². The van der Waals surface area contributed by atoms with E-state index in [1.807, 2.05) is 24.3 Å². The minimum atomic E-state index is -0.236. The summed E-state index contributed by atoms with van der Waals surface area (Å²) in [5.41, 5.74) is 0.933. The van der Waals surface area contributed by atoms with Gasteiger partial charge in [0.2, 0.25) is 0 Å². The number of ether oxygens (including phenoxy) is 2. The van der Waals surface area contributed by atoms with Gasteiger partial charge in [-0.2, -0.15) is 0 Å². The van der Waals surface area contributed by atoms with Crippen LogP contribution in [0.15, 0.2) is 24.3 Å². The fraction of sp³-hybridized carbons (Fsp3) is 0.500. The van der Waals surface area contributed by atoms with Gasteiger partial charge in [-0.05, 0) is 18.4 Å². The lowest BCUT2D eigenvalue weighted by Crippen LogP contribution is -2.26. The maximum atomic E-state index is 12.1. The fourth-order valence-electron chi connectivity index (χ4n) is 2.24. The summed E-state index contributed by atoms with van der Waals surface area (Å²) in [6.45, 7) is 2.77. The standard InChI is InChI=1S/C14H18O3/c1-10-7-8-17-14(10)12(15)9-11-5-3-4-6-13(11)16-2/h3-6,10,14H,7-9H2,1-2H3. The van der Waals surface area contributed by atoms with E-state index in [-0.39, 0.29) is 11.9 Å². The van der Waals surface area contributed by atoms with Gasteiger partial charge in [0.25, 0.3) is 0 Å². The van der Waals surface area contributed by atoms with Gasteiger partial charge in [0.1, 0.15) is 11.9 Å². The van der Waals surface area contributed by atoms with E-state index in [4.69, 9.17) is 9.47 Å². The normalized spacial score (nSPS) is 23.6. The first-order valence-corrected chi connectivity index (χ1v) is 5.98. The molecule has 1 aromatic carbocycles. The van der Waals surface area contributed by atoms with Crippen molar-refractivity contribution in [1.82, 2.24) is 0 Å². The molecular formula is C14H18O3. The highest BCUT2D eigenvalue weighted by atomic mass is 16.5. The van der Waals surface area contributed by atoms with Crippen LogP contribution in [0.2, 0.25) is 0 Å². The van der Waals surface area contributed by atoms with Crippen molar-refractivity contribution < 1.29 is 14.3 Å². The monoisotopic (exact) mass is 234 g/mol. The SMILES string of the molecule is COc1ccccc1CC(=O)C1OCCC1C. The minimum absolute atomic E-state index is 0.152. The summed E-state index contributed by atoms with van der Waals surface area (Å²) in [6.07, 6.45) is 1.13. The second-order valence-electron chi connectivity index (χ2n) is 4.51. The predicted octanol–water partition coefficient (Wildman–Crippen LogP) is 2.23. The molecule has 0 amide bonds. The number of Topliss-reactive ketones (excluding diaryl/α,β-unsaturated/α-hetero) is 1. The molecular weight excluding hydrogens is 216 g/mol. The molecule has 0 saturated carbocycles. The summed E-state index contributed by atoms with van der Waals surface area (Å²) in [5, 5.41) is 0. The molecule has 0 radical (unpaired) electrons. The number of carbonyl (C=O) groups excluding carboxylic acids is 1. The molecule has 17 heavy (non-hydrogen) atoms. The van der Waals surface area contributed by atoms with E-state index in [1.165, 1.54) is 0 Å². The maximum absolute atomic E-state index is 12.1. The van der Waals surface area contributed by atoms with Crippen molar-refractivity contribution in [3.63, 3.8) is 0 Å². The molecule has 2 unspecified atom stereocenters. The quantitative estimate of drug-likeness (QED) is 0.801. The van der Waals surface area contributed by atoms with Crippen molar-refractivity contribution in [2.45, 2.75) is 25.9 Å². The molecule has 1 fully saturated rings. The first-order chi connectivity index (χ1) is 8.22. The number of rotatable bonds is 4. The smallest absolute Gasteiger partial charge is 0.166 e. The van der Waals surface area contributed by atoms with Gasteiger partial charge in [0, 0.05) is 18.6 Å². The predicted molar refractivity (Wildman–Crippen MR) is 65.2 cm³/mol. The zero-order valence-electron chi connectivity index (χ0n) is 10.3. The van der Waals surface area contributed by atoms with Crippen LogP contribution in [-0.4, -0.2) is 25.6 Å². The highest BCUT2D eigenvalue weighted by Crippen LogP contribution is 2.24. The Morgan fingerprint density at radius 2 is 2.24 bits per heavy atom. The molecule has 1 heterocycles. The molecule has 1 aromatic rings. The van der Waals surface area contributed by atoms with Crippen LogP contribution in [0, 0.1) is 5.92 Å². The molecule has 1 aliphatic heterocycles. The zero-order valence-corrected chi connectivity index (χ0v) is 10.3. The molecule has 0 aromatic heterocycles. The van der Waals surface area contributed by atoms with Crippen molar-refractivity contribution in [2.24, 2.45) is 5.92 Å². The number of benzene rings is 1. The van der Waals surface area contributed by atoms with Gasteiger partial charge in [-0.15, -0.1) is 0 Å².